The molecule has 0 heterocycles. The van der Waals surface area contributed by atoms with Gasteiger partial charge in [-0.15, -0.1) is 13.2 Å². The maximum Gasteiger partial charge on any atom is 0.573 e. The summed E-state index contributed by atoms with van der Waals surface area (Å²) in [5, 5.41) is 8.64. The van der Waals surface area contributed by atoms with Crippen LogP contribution in [0.25, 0.3) is 0 Å². The lowest BCUT2D eigenvalue weighted by Crippen LogP contribution is -2.17. The molecule has 88 valence electrons. The second kappa shape index (κ2) is 4.30. The lowest BCUT2D eigenvalue weighted by Gasteiger charge is -2.10. The molecule has 1 rings (SSSR count). The zero-order chi connectivity index (χ0) is 12.3. The van der Waals surface area contributed by atoms with Crippen LogP contribution in [0.4, 0.5) is 13.2 Å². The second-order valence-electron chi connectivity index (χ2n) is 2.75. The Bertz CT molecular complexity index is 400. The van der Waals surface area contributed by atoms with Crippen LogP contribution in [0.15, 0.2) is 18.2 Å². The van der Waals surface area contributed by atoms with Crippen molar-refractivity contribution in [3.63, 3.8) is 0 Å². The van der Waals surface area contributed by atoms with Gasteiger partial charge in [0.1, 0.15) is 11.5 Å². The quantitative estimate of drug-likeness (QED) is 0.874. The minimum absolute atomic E-state index is 0.0286. The predicted octanol–water partition coefficient (Wildman–Crippen LogP) is 2.29. The zero-order valence-corrected chi connectivity index (χ0v) is 8.04. The van der Waals surface area contributed by atoms with E-state index in [0.29, 0.717) is 0 Å². The molecule has 0 saturated heterocycles. The van der Waals surface area contributed by atoms with E-state index in [1.165, 1.54) is 7.11 Å². The molecule has 0 bridgehead atoms. The summed E-state index contributed by atoms with van der Waals surface area (Å²) in [7, 11) is 1.21. The summed E-state index contributed by atoms with van der Waals surface area (Å²) < 4.78 is 43.9. The topological polar surface area (TPSA) is 55.8 Å². The third-order valence-electron chi connectivity index (χ3n) is 1.60. The van der Waals surface area contributed by atoms with E-state index in [4.69, 9.17) is 5.11 Å². The molecule has 1 aromatic carbocycles. The van der Waals surface area contributed by atoms with Crippen LogP contribution in [0.3, 0.4) is 0 Å². The predicted molar refractivity (Wildman–Crippen MR) is 46.6 cm³/mol. The monoisotopic (exact) mass is 236 g/mol. The van der Waals surface area contributed by atoms with Gasteiger partial charge in [-0.05, 0) is 12.1 Å². The van der Waals surface area contributed by atoms with Crippen LogP contribution in [-0.4, -0.2) is 24.5 Å². The Balaban J connectivity index is 3.09. The molecule has 0 atom stereocenters. The summed E-state index contributed by atoms with van der Waals surface area (Å²) in [5.41, 5.74) is -0.349. The highest BCUT2D eigenvalue weighted by atomic mass is 19.4. The van der Waals surface area contributed by atoms with E-state index in [2.05, 4.69) is 9.47 Å². The minimum Gasteiger partial charge on any atom is -0.497 e. The fourth-order valence-electron chi connectivity index (χ4n) is 1.01. The molecule has 7 heteroatoms. The normalized spacial score (nSPS) is 11.0. The number of aromatic carboxylic acids is 1. The van der Waals surface area contributed by atoms with Crippen LogP contribution in [0, 0.1) is 0 Å². The van der Waals surface area contributed by atoms with Crippen molar-refractivity contribution >= 4 is 5.97 Å². The number of methoxy groups -OCH3 is 1. The minimum atomic E-state index is -4.87. The summed E-state index contributed by atoms with van der Waals surface area (Å²) in [4.78, 5) is 10.6. The number of alkyl halides is 3. The summed E-state index contributed by atoms with van der Waals surface area (Å²) >= 11 is 0. The molecule has 16 heavy (non-hydrogen) atoms. The van der Waals surface area contributed by atoms with Gasteiger partial charge in [0.2, 0.25) is 0 Å². The molecule has 0 unspecified atom stereocenters. The molecule has 4 nitrogen and oxygen atoms in total. The van der Waals surface area contributed by atoms with Gasteiger partial charge in [-0.2, -0.15) is 0 Å². The average molecular weight is 236 g/mol. The number of halogens is 3. The Labute approximate surface area is 88.2 Å². The van der Waals surface area contributed by atoms with Crippen LogP contribution >= 0.6 is 0 Å². The van der Waals surface area contributed by atoms with Crippen molar-refractivity contribution in [2.45, 2.75) is 6.36 Å². The van der Waals surface area contributed by atoms with E-state index in [1.54, 1.807) is 0 Å². The third-order valence-corrected chi connectivity index (χ3v) is 1.60. The van der Waals surface area contributed by atoms with Crippen LogP contribution in [0.1, 0.15) is 10.4 Å². The Morgan fingerprint density at radius 2 is 1.81 bits per heavy atom. The number of carboxylic acids is 1. The molecule has 0 aliphatic heterocycles. The third kappa shape index (κ3) is 3.34. The van der Waals surface area contributed by atoms with E-state index in [9.17, 15) is 18.0 Å². The van der Waals surface area contributed by atoms with Gasteiger partial charge in [-0.1, -0.05) is 0 Å². The number of carboxylic acid groups (broad SMARTS) is 1. The first-order valence-corrected chi connectivity index (χ1v) is 4.00. The first-order chi connectivity index (χ1) is 7.31. The van der Waals surface area contributed by atoms with Crippen molar-refractivity contribution in [3.05, 3.63) is 23.8 Å². The number of ether oxygens (including phenoxy) is 2. The summed E-state index contributed by atoms with van der Waals surface area (Å²) in [6.45, 7) is 0. The highest BCUT2D eigenvalue weighted by Crippen LogP contribution is 2.27. The van der Waals surface area contributed by atoms with Crippen LogP contribution in [-0.2, 0) is 0 Å². The van der Waals surface area contributed by atoms with Gasteiger partial charge < -0.3 is 14.6 Å². The summed E-state index contributed by atoms with van der Waals surface area (Å²) in [6.07, 6.45) is -4.87. The Morgan fingerprint density at radius 3 is 2.25 bits per heavy atom. The molecule has 1 N–H and O–H groups in total. The molecule has 0 spiro atoms. The van der Waals surface area contributed by atoms with E-state index < -0.39 is 18.1 Å². The Morgan fingerprint density at radius 1 is 1.25 bits per heavy atom. The fourth-order valence-corrected chi connectivity index (χ4v) is 1.01. The van der Waals surface area contributed by atoms with Gasteiger partial charge in [-0.25, -0.2) is 4.79 Å². The number of hydrogen-bond acceptors (Lipinski definition) is 3. The molecule has 0 aromatic heterocycles. The lowest BCUT2D eigenvalue weighted by atomic mass is 10.2. The van der Waals surface area contributed by atoms with Crippen molar-refractivity contribution in [2.24, 2.45) is 0 Å². The van der Waals surface area contributed by atoms with Crippen LogP contribution in [0.2, 0.25) is 0 Å². The molecule has 0 saturated carbocycles. The van der Waals surface area contributed by atoms with E-state index >= 15 is 0 Å². The zero-order valence-electron chi connectivity index (χ0n) is 8.04. The Kier molecular flexibility index (Phi) is 3.26. The number of hydrogen-bond donors (Lipinski definition) is 1. The first-order valence-electron chi connectivity index (χ1n) is 4.00. The van der Waals surface area contributed by atoms with Crippen molar-refractivity contribution < 1.29 is 32.5 Å². The molecular formula is C9H7F3O4. The number of rotatable bonds is 3. The largest absolute Gasteiger partial charge is 0.573 e. The Hall–Kier alpha value is -1.92. The van der Waals surface area contributed by atoms with Gasteiger partial charge in [0.25, 0.3) is 0 Å². The van der Waals surface area contributed by atoms with Crippen molar-refractivity contribution in [3.8, 4) is 11.5 Å². The molecule has 1 aromatic rings. The van der Waals surface area contributed by atoms with E-state index in [0.717, 1.165) is 18.2 Å². The van der Waals surface area contributed by atoms with Crippen LogP contribution in [0.5, 0.6) is 11.5 Å². The maximum absolute atomic E-state index is 11.9. The first kappa shape index (κ1) is 12.2. The molecule has 0 fully saturated rings. The smallest absolute Gasteiger partial charge is 0.497 e. The van der Waals surface area contributed by atoms with Crippen molar-refractivity contribution in [1.29, 1.82) is 0 Å². The molecule has 0 aliphatic rings. The summed E-state index contributed by atoms with van der Waals surface area (Å²) in [6, 6.07) is 2.80. The molecular weight excluding hydrogens is 229 g/mol. The van der Waals surface area contributed by atoms with E-state index in [-0.39, 0.29) is 11.3 Å². The maximum atomic E-state index is 11.9. The number of benzene rings is 1. The standard InChI is InChI=1S/C9H7F3O4/c1-15-6-2-5(8(13)14)3-7(4-6)16-9(10,11)12/h2-4H,1H3,(H,13,14). The van der Waals surface area contributed by atoms with Gasteiger partial charge >= 0.3 is 12.3 Å². The SMILES string of the molecule is COc1cc(OC(F)(F)F)cc(C(=O)O)c1. The second-order valence-corrected chi connectivity index (χ2v) is 2.75. The van der Waals surface area contributed by atoms with Crippen LogP contribution < -0.4 is 9.47 Å². The number of carbonyl (C=O) groups is 1. The molecule has 0 aliphatic carbocycles. The highest BCUT2D eigenvalue weighted by Gasteiger charge is 2.31. The fraction of sp³-hybridized carbons (Fsp3) is 0.222. The summed E-state index contributed by atoms with van der Waals surface area (Å²) in [5.74, 6) is -2.03. The van der Waals surface area contributed by atoms with Gasteiger partial charge in [0, 0.05) is 6.07 Å². The van der Waals surface area contributed by atoms with Crippen molar-refractivity contribution in [1.82, 2.24) is 0 Å². The van der Waals surface area contributed by atoms with Crippen molar-refractivity contribution in [2.75, 3.05) is 7.11 Å². The lowest BCUT2D eigenvalue weighted by molar-refractivity contribution is -0.274. The van der Waals surface area contributed by atoms with E-state index in [1.807, 2.05) is 0 Å². The average Bonchev–Trinajstić information content (AvgIpc) is 2.14. The van der Waals surface area contributed by atoms with Gasteiger partial charge in [0.05, 0.1) is 12.7 Å². The molecule has 0 radical (unpaired) electrons. The molecule has 0 amide bonds. The highest BCUT2D eigenvalue weighted by molar-refractivity contribution is 5.88. The van der Waals surface area contributed by atoms with Gasteiger partial charge in [0.15, 0.2) is 0 Å². The van der Waals surface area contributed by atoms with Gasteiger partial charge in [-0.3, -0.25) is 0 Å².